The maximum atomic E-state index is 10.4. The SMILES string of the molecule is C=CC(=O)N(N)C=C. The monoisotopic (exact) mass is 112 g/mol. The van der Waals surface area contributed by atoms with Gasteiger partial charge in [-0.1, -0.05) is 13.2 Å². The third-order valence-electron chi connectivity index (χ3n) is 0.626. The summed E-state index contributed by atoms with van der Waals surface area (Å²) in [6, 6.07) is 0. The molecule has 0 aromatic rings. The molecule has 0 fully saturated rings. The summed E-state index contributed by atoms with van der Waals surface area (Å²) < 4.78 is 0. The van der Waals surface area contributed by atoms with E-state index < -0.39 is 0 Å². The maximum Gasteiger partial charge on any atom is 0.263 e. The molecule has 0 heterocycles. The van der Waals surface area contributed by atoms with Gasteiger partial charge in [0.25, 0.3) is 5.91 Å². The molecule has 8 heavy (non-hydrogen) atoms. The number of carbonyl (C=O) groups is 1. The molecule has 0 aliphatic rings. The van der Waals surface area contributed by atoms with Crippen molar-refractivity contribution in [3.05, 3.63) is 25.4 Å². The highest BCUT2D eigenvalue weighted by Gasteiger charge is 1.95. The predicted molar refractivity (Wildman–Crippen MR) is 31.4 cm³/mol. The van der Waals surface area contributed by atoms with Gasteiger partial charge in [0.1, 0.15) is 0 Å². The number of hydrogen-bond acceptors (Lipinski definition) is 2. The smallest absolute Gasteiger partial charge is 0.263 e. The number of amides is 1. The lowest BCUT2D eigenvalue weighted by atomic mass is 10.6. The summed E-state index contributed by atoms with van der Waals surface area (Å²) in [6.45, 7) is 6.47. The molecule has 3 nitrogen and oxygen atoms in total. The molecule has 0 atom stereocenters. The van der Waals surface area contributed by atoms with Crippen LogP contribution in [0.1, 0.15) is 0 Å². The van der Waals surface area contributed by atoms with Gasteiger partial charge in [-0.2, -0.15) is 0 Å². The fourth-order valence-corrected chi connectivity index (χ4v) is 0.195. The Morgan fingerprint density at radius 2 is 2.12 bits per heavy atom. The zero-order chi connectivity index (χ0) is 6.57. The quantitative estimate of drug-likeness (QED) is 0.237. The molecular weight excluding hydrogens is 104 g/mol. The van der Waals surface area contributed by atoms with Crippen LogP contribution in [0.25, 0.3) is 0 Å². The van der Waals surface area contributed by atoms with Gasteiger partial charge in [0.2, 0.25) is 0 Å². The topological polar surface area (TPSA) is 46.3 Å². The number of rotatable bonds is 2. The molecule has 0 unspecified atom stereocenters. The first-order chi connectivity index (χ1) is 3.72. The molecule has 0 rings (SSSR count). The zero-order valence-electron chi connectivity index (χ0n) is 4.50. The van der Waals surface area contributed by atoms with Crippen LogP contribution < -0.4 is 5.84 Å². The molecule has 0 spiro atoms. The Balaban J connectivity index is 3.80. The summed E-state index contributed by atoms with van der Waals surface area (Å²) in [7, 11) is 0. The van der Waals surface area contributed by atoms with Gasteiger partial charge in [-0.05, 0) is 6.08 Å². The van der Waals surface area contributed by atoms with Gasteiger partial charge in [-0.3, -0.25) is 9.80 Å². The minimum atomic E-state index is -0.361. The highest BCUT2D eigenvalue weighted by molar-refractivity contribution is 5.87. The van der Waals surface area contributed by atoms with Crippen molar-refractivity contribution in [3.8, 4) is 0 Å². The molecule has 0 bridgehead atoms. The number of carbonyl (C=O) groups excluding carboxylic acids is 1. The Morgan fingerprint density at radius 3 is 2.25 bits per heavy atom. The van der Waals surface area contributed by atoms with Crippen molar-refractivity contribution in [3.63, 3.8) is 0 Å². The Labute approximate surface area is 48.1 Å². The van der Waals surface area contributed by atoms with Crippen molar-refractivity contribution in [2.24, 2.45) is 5.84 Å². The molecule has 0 saturated carbocycles. The van der Waals surface area contributed by atoms with E-state index in [0.29, 0.717) is 0 Å². The van der Waals surface area contributed by atoms with Gasteiger partial charge in [-0.25, -0.2) is 5.84 Å². The van der Waals surface area contributed by atoms with E-state index in [2.05, 4.69) is 13.2 Å². The van der Waals surface area contributed by atoms with E-state index in [1.54, 1.807) is 0 Å². The van der Waals surface area contributed by atoms with E-state index in [4.69, 9.17) is 5.84 Å². The molecular formula is C5H8N2O. The van der Waals surface area contributed by atoms with Crippen LogP contribution in [0.15, 0.2) is 25.4 Å². The highest BCUT2D eigenvalue weighted by Crippen LogP contribution is 1.78. The average Bonchev–Trinajstić information content (AvgIpc) is 1.84. The lowest BCUT2D eigenvalue weighted by Crippen LogP contribution is -2.29. The van der Waals surface area contributed by atoms with Crippen LogP contribution in [0.2, 0.25) is 0 Å². The van der Waals surface area contributed by atoms with Crippen LogP contribution in [-0.2, 0) is 4.79 Å². The van der Waals surface area contributed by atoms with E-state index in [1.165, 1.54) is 6.20 Å². The van der Waals surface area contributed by atoms with Crippen molar-refractivity contribution >= 4 is 5.91 Å². The van der Waals surface area contributed by atoms with Crippen LogP contribution in [0.5, 0.6) is 0 Å². The van der Waals surface area contributed by atoms with Crippen LogP contribution >= 0.6 is 0 Å². The van der Waals surface area contributed by atoms with Crippen molar-refractivity contribution in [1.29, 1.82) is 0 Å². The third-order valence-corrected chi connectivity index (χ3v) is 0.626. The number of nitrogens with zero attached hydrogens (tertiary/aromatic N) is 1. The maximum absolute atomic E-state index is 10.4. The van der Waals surface area contributed by atoms with Gasteiger partial charge in [-0.15, -0.1) is 0 Å². The van der Waals surface area contributed by atoms with Gasteiger partial charge < -0.3 is 0 Å². The van der Waals surface area contributed by atoms with Crippen molar-refractivity contribution < 1.29 is 4.79 Å². The first-order valence-electron chi connectivity index (χ1n) is 2.05. The first-order valence-corrected chi connectivity index (χ1v) is 2.05. The zero-order valence-corrected chi connectivity index (χ0v) is 4.50. The Kier molecular flexibility index (Phi) is 2.58. The molecule has 0 radical (unpaired) electrons. The molecule has 3 heteroatoms. The van der Waals surface area contributed by atoms with Crippen LogP contribution in [0, 0.1) is 0 Å². The molecule has 0 saturated heterocycles. The molecule has 2 N–H and O–H groups in total. The molecule has 0 aliphatic carbocycles. The Bertz CT molecular complexity index is 120. The number of nitrogens with two attached hydrogens (primary N) is 1. The largest absolute Gasteiger partial charge is 0.268 e. The number of hydrazine groups is 1. The minimum absolute atomic E-state index is 0.361. The van der Waals surface area contributed by atoms with Gasteiger partial charge in [0.05, 0.1) is 0 Å². The fourth-order valence-electron chi connectivity index (χ4n) is 0.195. The van der Waals surface area contributed by atoms with Crippen molar-refractivity contribution in [2.75, 3.05) is 0 Å². The summed E-state index contributed by atoms with van der Waals surface area (Å²) in [5.74, 6) is 4.66. The second-order valence-electron chi connectivity index (χ2n) is 1.13. The van der Waals surface area contributed by atoms with Crippen molar-refractivity contribution in [2.45, 2.75) is 0 Å². The third kappa shape index (κ3) is 1.57. The summed E-state index contributed by atoms with van der Waals surface area (Å²) in [5, 5.41) is 0.854. The second-order valence-corrected chi connectivity index (χ2v) is 1.13. The average molecular weight is 112 g/mol. The lowest BCUT2D eigenvalue weighted by molar-refractivity contribution is -0.123. The van der Waals surface area contributed by atoms with Crippen LogP contribution in [0.4, 0.5) is 0 Å². The standard InChI is InChI=1S/C5H8N2O/c1-3-5(8)7(6)4-2/h3-4H,1-2,6H2. The molecule has 1 amide bonds. The Morgan fingerprint density at radius 1 is 1.62 bits per heavy atom. The summed E-state index contributed by atoms with van der Waals surface area (Å²) in [4.78, 5) is 10.4. The van der Waals surface area contributed by atoms with Crippen LogP contribution in [-0.4, -0.2) is 10.9 Å². The summed E-state index contributed by atoms with van der Waals surface area (Å²) in [5.41, 5.74) is 0. The predicted octanol–water partition coefficient (Wildman–Crippen LogP) is 0.0182. The summed E-state index contributed by atoms with van der Waals surface area (Å²) in [6.07, 6.45) is 2.33. The molecule has 44 valence electrons. The van der Waals surface area contributed by atoms with E-state index >= 15 is 0 Å². The van der Waals surface area contributed by atoms with E-state index in [-0.39, 0.29) is 5.91 Å². The van der Waals surface area contributed by atoms with Gasteiger partial charge in [0, 0.05) is 6.20 Å². The van der Waals surface area contributed by atoms with E-state index in [0.717, 1.165) is 11.1 Å². The van der Waals surface area contributed by atoms with E-state index in [9.17, 15) is 4.79 Å². The second kappa shape index (κ2) is 2.98. The number of hydrogen-bond donors (Lipinski definition) is 1. The lowest BCUT2D eigenvalue weighted by Gasteiger charge is -2.04. The van der Waals surface area contributed by atoms with Gasteiger partial charge >= 0.3 is 0 Å². The highest BCUT2D eigenvalue weighted by atomic mass is 16.2. The fraction of sp³-hybridized carbons (Fsp3) is 0. The van der Waals surface area contributed by atoms with Gasteiger partial charge in [0.15, 0.2) is 0 Å². The minimum Gasteiger partial charge on any atom is -0.268 e. The van der Waals surface area contributed by atoms with Crippen LogP contribution in [0.3, 0.4) is 0 Å². The summed E-state index contributed by atoms with van der Waals surface area (Å²) >= 11 is 0. The normalized spacial score (nSPS) is 7.62. The molecule has 0 aromatic heterocycles. The molecule has 0 aliphatic heterocycles. The van der Waals surface area contributed by atoms with Crippen molar-refractivity contribution in [1.82, 2.24) is 5.01 Å². The van der Waals surface area contributed by atoms with E-state index in [1.807, 2.05) is 0 Å². The molecule has 0 aromatic carbocycles. The Hall–Kier alpha value is -1.09. The first kappa shape index (κ1) is 6.91.